The van der Waals surface area contributed by atoms with E-state index in [-0.39, 0.29) is 29.7 Å². The first-order valence-corrected chi connectivity index (χ1v) is 15.9. The summed E-state index contributed by atoms with van der Waals surface area (Å²) in [6, 6.07) is 18.3. The highest BCUT2D eigenvalue weighted by Crippen LogP contribution is 2.47. The van der Waals surface area contributed by atoms with Crippen LogP contribution in [-0.2, 0) is 27.1 Å². The van der Waals surface area contributed by atoms with Gasteiger partial charge in [-0.1, -0.05) is 41.4 Å². The smallest absolute Gasteiger partial charge is 0.354 e. The number of nitrogens with one attached hydrogen (secondary N) is 2. The largest absolute Gasteiger partial charge is 0.477 e. The maximum Gasteiger partial charge on any atom is 0.354 e. The fraction of sp³-hybridized carbons (Fsp3) is 0.265. The van der Waals surface area contributed by atoms with Crippen LogP contribution in [0.25, 0.3) is 0 Å². The Hall–Kier alpha value is -5.25. The molecule has 2 aliphatic carbocycles. The van der Waals surface area contributed by atoms with Crippen molar-refractivity contribution in [2.24, 2.45) is 0 Å². The van der Waals surface area contributed by atoms with Crippen LogP contribution in [0.4, 0.5) is 11.6 Å². The highest BCUT2D eigenvalue weighted by molar-refractivity contribution is 6.35. The summed E-state index contributed by atoms with van der Waals surface area (Å²) >= 11 is 12.6. The minimum Gasteiger partial charge on any atom is -0.477 e. The highest BCUT2D eigenvalue weighted by Gasteiger charge is 2.57. The molecule has 3 amide bonds. The summed E-state index contributed by atoms with van der Waals surface area (Å²) in [5, 5.41) is 25.2. The summed E-state index contributed by atoms with van der Waals surface area (Å²) in [6.45, 7) is 1.70. The molecule has 12 nitrogen and oxygen atoms in total. The number of nitriles is 1. The number of halogens is 2. The predicted octanol–water partition coefficient (Wildman–Crippen LogP) is 4.86. The number of amides is 3. The normalized spacial score (nSPS) is 19.6. The summed E-state index contributed by atoms with van der Waals surface area (Å²) < 4.78 is 1.56. The number of benzene rings is 2. The second-order valence-corrected chi connectivity index (χ2v) is 13.5. The van der Waals surface area contributed by atoms with Gasteiger partial charge in [0, 0.05) is 16.5 Å². The molecule has 0 spiro atoms. The average molecular weight is 685 g/mol. The van der Waals surface area contributed by atoms with Gasteiger partial charge in [-0.2, -0.15) is 5.26 Å². The van der Waals surface area contributed by atoms with Crippen LogP contribution in [0.3, 0.4) is 0 Å². The number of nitrogens with zero attached hydrogens (tertiary/aromatic N) is 5. The number of anilines is 2. The summed E-state index contributed by atoms with van der Waals surface area (Å²) in [5.74, 6) is -2.37. The number of rotatable bonds is 9. The van der Waals surface area contributed by atoms with Gasteiger partial charge < -0.3 is 15.7 Å². The second-order valence-electron chi connectivity index (χ2n) is 12.6. The number of carbonyl (C=O) groups excluding carboxylic acids is 3. The lowest BCUT2D eigenvalue weighted by molar-refractivity contribution is -0.125. The Balaban J connectivity index is 1.20. The van der Waals surface area contributed by atoms with E-state index in [1.165, 1.54) is 17.2 Å². The zero-order valence-electron chi connectivity index (χ0n) is 25.5. The molecule has 2 saturated carbocycles. The standard InChI is InChI=1S/C34H27Cl2N7O5/c1-32(16-19-5-7-20(17-37)8-6-19)30(48)42(23-14-21(35)13-22(36)15-23)31-38-18-25(43(31)32)27(44)40-34(11-12-34)29(47)41-33(9-10-33)26-4-2-3-24(39-26)28(45)46/h2-8,13-15,18H,9-12,16H2,1H3,(H,40,44)(H,41,47)(H,45,46)/t32-/m1/s1. The number of hydrogen-bond acceptors (Lipinski definition) is 7. The van der Waals surface area contributed by atoms with Gasteiger partial charge in [0.25, 0.3) is 11.8 Å². The third kappa shape index (κ3) is 5.25. The van der Waals surface area contributed by atoms with E-state index in [4.69, 9.17) is 23.2 Å². The van der Waals surface area contributed by atoms with E-state index < -0.39 is 34.4 Å². The molecule has 3 aliphatic rings. The molecule has 0 unspecified atom stereocenters. The van der Waals surface area contributed by atoms with Crippen molar-refractivity contribution in [1.29, 1.82) is 5.26 Å². The molecular formula is C34H27Cl2N7O5. The number of carbonyl (C=O) groups is 4. The van der Waals surface area contributed by atoms with E-state index in [2.05, 4.69) is 26.7 Å². The first kappa shape index (κ1) is 31.4. The van der Waals surface area contributed by atoms with Crippen molar-refractivity contribution in [1.82, 2.24) is 25.2 Å². The zero-order chi connectivity index (χ0) is 34.0. The number of aromatic carboxylic acids is 1. The number of carboxylic acids is 1. The monoisotopic (exact) mass is 683 g/mol. The number of aromatic nitrogens is 3. The van der Waals surface area contributed by atoms with E-state index in [1.807, 2.05) is 0 Å². The van der Waals surface area contributed by atoms with Crippen LogP contribution in [0.2, 0.25) is 10.0 Å². The van der Waals surface area contributed by atoms with Gasteiger partial charge >= 0.3 is 5.97 Å². The molecule has 2 aromatic carbocycles. The summed E-state index contributed by atoms with van der Waals surface area (Å²) in [7, 11) is 0. The van der Waals surface area contributed by atoms with E-state index >= 15 is 0 Å². The van der Waals surface area contributed by atoms with Gasteiger partial charge in [-0.15, -0.1) is 0 Å². The van der Waals surface area contributed by atoms with Crippen molar-refractivity contribution in [2.45, 2.75) is 55.6 Å². The van der Waals surface area contributed by atoms with Crippen LogP contribution in [0.1, 0.15) is 70.4 Å². The van der Waals surface area contributed by atoms with Crippen LogP contribution in [-0.4, -0.2) is 48.9 Å². The third-order valence-corrected chi connectivity index (χ3v) is 9.61. The first-order valence-electron chi connectivity index (χ1n) is 15.1. The Bertz CT molecular complexity index is 2060. The van der Waals surface area contributed by atoms with E-state index in [1.54, 1.807) is 66.1 Å². The predicted molar refractivity (Wildman–Crippen MR) is 174 cm³/mol. The van der Waals surface area contributed by atoms with Gasteiger partial charge in [-0.25, -0.2) is 19.7 Å². The lowest BCUT2D eigenvalue weighted by Crippen LogP contribution is -2.52. The van der Waals surface area contributed by atoms with E-state index in [9.17, 15) is 29.5 Å². The average Bonchev–Trinajstić information content (AvgIpc) is 3.96. The molecule has 3 heterocycles. The van der Waals surface area contributed by atoms with E-state index in [0.29, 0.717) is 52.7 Å². The lowest BCUT2D eigenvalue weighted by Gasteiger charge is -2.27. The van der Waals surface area contributed by atoms with Gasteiger partial charge in [0.15, 0.2) is 0 Å². The third-order valence-electron chi connectivity index (χ3n) is 9.17. The number of pyridine rings is 1. The Morgan fingerprint density at radius 1 is 1.00 bits per heavy atom. The minimum atomic E-state index is -1.35. The van der Waals surface area contributed by atoms with Gasteiger partial charge in [-0.05, 0) is 80.6 Å². The highest BCUT2D eigenvalue weighted by atomic mass is 35.5. The van der Waals surface area contributed by atoms with Crippen molar-refractivity contribution in [3.8, 4) is 6.07 Å². The molecule has 7 rings (SSSR count). The summed E-state index contributed by atoms with van der Waals surface area (Å²) in [4.78, 5) is 63.6. The minimum absolute atomic E-state index is 0.0705. The molecule has 0 saturated heterocycles. The summed E-state index contributed by atoms with van der Waals surface area (Å²) in [6.07, 6.45) is 3.45. The van der Waals surface area contributed by atoms with Crippen molar-refractivity contribution in [2.75, 3.05) is 4.90 Å². The molecule has 1 atom stereocenters. The maximum absolute atomic E-state index is 14.3. The number of hydrogen-bond donors (Lipinski definition) is 3. The van der Waals surface area contributed by atoms with Crippen LogP contribution in [0, 0.1) is 11.3 Å². The van der Waals surface area contributed by atoms with Gasteiger partial charge in [0.2, 0.25) is 11.9 Å². The van der Waals surface area contributed by atoms with Crippen molar-refractivity contribution < 1.29 is 24.3 Å². The first-order chi connectivity index (χ1) is 22.9. The number of fused-ring (bicyclic) bond motifs is 1. The molecule has 48 heavy (non-hydrogen) atoms. The maximum atomic E-state index is 14.3. The second kappa shape index (κ2) is 11.2. The van der Waals surface area contributed by atoms with Gasteiger partial charge in [0.1, 0.15) is 22.5 Å². The Morgan fingerprint density at radius 3 is 2.29 bits per heavy atom. The fourth-order valence-corrected chi connectivity index (χ4v) is 6.78. The van der Waals surface area contributed by atoms with Crippen molar-refractivity contribution >= 4 is 58.5 Å². The molecule has 0 bridgehead atoms. The van der Waals surface area contributed by atoms with Crippen LogP contribution < -0.4 is 15.5 Å². The Labute approximate surface area is 284 Å². The molecule has 14 heteroatoms. The fourth-order valence-electron chi connectivity index (χ4n) is 6.27. The Kier molecular flexibility index (Phi) is 7.30. The number of carboxylic acid groups (broad SMARTS) is 1. The van der Waals surface area contributed by atoms with Gasteiger partial charge in [0.05, 0.1) is 34.7 Å². The molecule has 3 N–H and O–H groups in total. The molecule has 0 radical (unpaired) electrons. The zero-order valence-corrected chi connectivity index (χ0v) is 27.0. The molecular weight excluding hydrogens is 657 g/mol. The molecule has 242 valence electrons. The molecule has 2 fully saturated rings. The van der Waals surface area contributed by atoms with Crippen molar-refractivity contribution in [3.05, 3.63) is 105 Å². The van der Waals surface area contributed by atoms with Crippen molar-refractivity contribution in [3.63, 3.8) is 0 Å². The van der Waals surface area contributed by atoms with Crippen LogP contribution in [0.5, 0.6) is 0 Å². The molecule has 4 aromatic rings. The van der Waals surface area contributed by atoms with Crippen LogP contribution in [0.15, 0.2) is 66.9 Å². The van der Waals surface area contributed by atoms with Crippen LogP contribution >= 0.6 is 23.2 Å². The van der Waals surface area contributed by atoms with Gasteiger partial charge in [-0.3, -0.25) is 19.0 Å². The lowest BCUT2D eigenvalue weighted by atomic mass is 9.91. The molecule has 2 aromatic heterocycles. The topological polar surface area (TPSA) is 170 Å². The SMILES string of the molecule is C[C@@]1(Cc2ccc(C#N)cc2)C(=O)N(c2cc(Cl)cc(Cl)c2)c2ncc(C(=O)NC3(C(=O)NC4(c5cccc(C(=O)O)n5)CC4)CC3)n21. The number of imidazole rings is 1. The van der Waals surface area contributed by atoms with E-state index in [0.717, 1.165) is 5.56 Å². The quantitative estimate of drug-likeness (QED) is 0.225. The Morgan fingerprint density at radius 2 is 1.69 bits per heavy atom. The summed E-state index contributed by atoms with van der Waals surface area (Å²) in [5.41, 5.74) is -1.38. The molecule has 1 aliphatic heterocycles.